The Kier molecular flexibility index (Phi) is 11.4. The van der Waals surface area contributed by atoms with E-state index in [0.717, 1.165) is 75.0 Å². The van der Waals surface area contributed by atoms with Crippen LogP contribution >= 0.6 is 0 Å². The summed E-state index contributed by atoms with van der Waals surface area (Å²) in [6, 6.07) is 23.3. The number of fused-ring (bicyclic) bond motifs is 5. The first kappa shape index (κ1) is 41.8. The fourth-order valence-corrected chi connectivity index (χ4v) is 10.1. The lowest BCUT2D eigenvalue weighted by molar-refractivity contribution is -0.137. The summed E-state index contributed by atoms with van der Waals surface area (Å²) in [6.45, 7) is 2.56. The van der Waals surface area contributed by atoms with Crippen molar-refractivity contribution >= 4 is 34.8 Å². The number of amides is 4. The van der Waals surface area contributed by atoms with Crippen LogP contribution in [0.1, 0.15) is 79.4 Å². The Hall–Kier alpha value is -7.20. The molecule has 5 N–H and O–H groups in total. The average Bonchev–Trinajstić information content (AvgIpc) is 4.20. The van der Waals surface area contributed by atoms with Gasteiger partial charge in [-0.25, -0.2) is 19.6 Å². The van der Waals surface area contributed by atoms with Crippen LogP contribution < -0.4 is 15.4 Å². The molecule has 0 radical (unpaired) electrons. The average molecular weight is 879 g/mol. The van der Waals surface area contributed by atoms with Gasteiger partial charge in [0.05, 0.1) is 43.0 Å². The lowest BCUT2D eigenvalue weighted by atomic mass is 9.90. The summed E-state index contributed by atoms with van der Waals surface area (Å²) in [6.07, 6.45) is 6.16. The van der Waals surface area contributed by atoms with Gasteiger partial charge in [-0.15, -0.1) is 0 Å². The molecule has 4 aliphatic rings. The molecular formula is C49H50N8O8. The highest BCUT2D eigenvalue weighted by Gasteiger charge is 2.41. The van der Waals surface area contributed by atoms with Crippen molar-refractivity contribution in [3.63, 3.8) is 0 Å². The normalized spacial score (nSPS) is 19.2. The number of methoxy groups -OCH3 is 1. The van der Waals surface area contributed by atoms with Crippen molar-refractivity contribution in [3.8, 4) is 39.4 Å². The molecule has 334 valence electrons. The minimum atomic E-state index is -1.26. The van der Waals surface area contributed by atoms with Gasteiger partial charge in [-0.05, 0) is 90.3 Å². The molecule has 3 fully saturated rings. The van der Waals surface area contributed by atoms with Gasteiger partial charge in [0.15, 0.2) is 0 Å². The predicted octanol–water partition coefficient (Wildman–Crippen LogP) is 7.67. The van der Waals surface area contributed by atoms with E-state index in [0.29, 0.717) is 69.4 Å². The van der Waals surface area contributed by atoms with Crippen molar-refractivity contribution in [2.24, 2.45) is 5.92 Å². The van der Waals surface area contributed by atoms with Crippen LogP contribution in [0.4, 0.5) is 9.59 Å². The van der Waals surface area contributed by atoms with Gasteiger partial charge < -0.3 is 49.7 Å². The van der Waals surface area contributed by atoms with E-state index in [2.05, 4.69) is 63.1 Å². The first-order chi connectivity index (χ1) is 31.7. The van der Waals surface area contributed by atoms with E-state index in [-0.39, 0.29) is 29.8 Å². The van der Waals surface area contributed by atoms with Gasteiger partial charge in [0, 0.05) is 42.8 Å². The molecule has 4 atom stereocenters. The number of alkyl carbamates (subject to hydrolysis) is 1. The predicted molar refractivity (Wildman–Crippen MR) is 239 cm³/mol. The molecule has 6 heterocycles. The Morgan fingerprint density at radius 3 is 2.09 bits per heavy atom. The second-order valence-electron chi connectivity index (χ2n) is 17.1. The molecular weight excluding hydrogens is 829 g/mol. The van der Waals surface area contributed by atoms with E-state index in [4.69, 9.17) is 24.2 Å². The third-order valence-electron chi connectivity index (χ3n) is 13.4. The van der Waals surface area contributed by atoms with Gasteiger partial charge in [0.1, 0.15) is 36.1 Å². The van der Waals surface area contributed by atoms with E-state index in [9.17, 15) is 24.3 Å². The second-order valence-corrected chi connectivity index (χ2v) is 17.1. The number of nitrogens with zero attached hydrogens (tertiary/aromatic N) is 4. The van der Waals surface area contributed by atoms with E-state index in [1.807, 2.05) is 23.2 Å². The summed E-state index contributed by atoms with van der Waals surface area (Å²) in [5.41, 5.74) is 7.27. The van der Waals surface area contributed by atoms with Crippen molar-refractivity contribution in [2.75, 3.05) is 33.4 Å². The highest BCUT2D eigenvalue weighted by molar-refractivity contribution is 5.98. The van der Waals surface area contributed by atoms with Gasteiger partial charge in [-0.3, -0.25) is 9.59 Å². The molecule has 2 aromatic heterocycles. The third kappa shape index (κ3) is 8.14. The topological polar surface area (TPSA) is 204 Å². The number of carbonyl (C=O) groups excluding carboxylic acids is 3. The number of likely N-dealkylation sites (tertiary alicyclic amines) is 2. The molecule has 0 spiro atoms. The summed E-state index contributed by atoms with van der Waals surface area (Å²) in [5, 5.41) is 16.8. The van der Waals surface area contributed by atoms with Crippen molar-refractivity contribution in [2.45, 2.75) is 69.3 Å². The van der Waals surface area contributed by atoms with E-state index >= 15 is 0 Å². The Balaban J connectivity index is 0.848. The van der Waals surface area contributed by atoms with Crippen LogP contribution in [0, 0.1) is 5.92 Å². The standard InChI is InChI=1S/C49H50N8O8/c1-63-49(62)55-42(29-17-21-64-22-18-29)47(59)57-20-6-10-40(57)45-51-26-38(53-45)32-12-14-34-33(24-32)27-65-43-35-15-13-31(23-30(35)11-16-36(34)43)37-25-50-44(52-37)39-9-5-19-56(39)46(58)41(54-48(60)61)28-7-3-2-4-8-28/h2-4,7-8,11-16,23-26,29,39-42,54H,5-6,9-10,17-22,27H2,1H3,(H,50,52)(H,51,53)(H,55,62)(H,60,61)/t39-,40-,41+,42-/m0/s1. The first-order valence-electron chi connectivity index (χ1n) is 22.2. The van der Waals surface area contributed by atoms with E-state index in [1.165, 1.54) is 7.11 Å². The summed E-state index contributed by atoms with van der Waals surface area (Å²) < 4.78 is 16.9. The number of carboxylic acid groups (broad SMARTS) is 1. The third-order valence-corrected chi connectivity index (χ3v) is 13.4. The van der Waals surface area contributed by atoms with Crippen LogP contribution in [0.2, 0.25) is 0 Å². The number of H-pyrrole nitrogens is 2. The molecule has 0 aliphatic carbocycles. The van der Waals surface area contributed by atoms with Crippen molar-refractivity contribution in [1.29, 1.82) is 0 Å². The number of nitrogens with one attached hydrogen (secondary N) is 4. The van der Waals surface area contributed by atoms with Crippen LogP contribution in [0.5, 0.6) is 5.75 Å². The number of benzene rings is 4. The quantitative estimate of drug-likeness (QED) is 0.0909. The molecule has 65 heavy (non-hydrogen) atoms. The number of carbonyl (C=O) groups is 4. The van der Waals surface area contributed by atoms with Crippen LogP contribution in [0.25, 0.3) is 44.4 Å². The molecule has 0 unspecified atom stereocenters. The Labute approximate surface area is 374 Å². The molecule has 0 bridgehead atoms. The number of aromatic nitrogens is 4. The van der Waals surface area contributed by atoms with Gasteiger partial charge in [0.2, 0.25) is 5.91 Å². The Bertz CT molecular complexity index is 2760. The largest absolute Gasteiger partial charge is 0.488 e. The Morgan fingerprint density at radius 1 is 0.769 bits per heavy atom. The van der Waals surface area contributed by atoms with Gasteiger partial charge >= 0.3 is 12.2 Å². The van der Waals surface area contributed by atoms with E-state index in [1.54, 1.807) is 35.4 Å². The van der Waals surface area contributed by atoms with Gasteiger partial charge in [0.25, 0.3) is 5.91 Å². The molecule has 3 saturated heterocycles. The molecule has 4 amide bonds. The monoisotopic (exact) mass is 878 g/mol. The minimum absolute atomic E-state index is 0.0414. The number of ether oxygens (including phenoxy) is 3. The number of hydrogen-bond acceptors (Lipinski definition) is 9. The molecule has 4 aromatic carbocycles. The van der Waals surface area contributed by atoms with E-state index < -0.39 is 24.3 Å². The van der Waals surface area contributed by atoms with Gasteiger partial charge in [-0.2, -0.15) is 0 Å². The fraction of sp³-hybridized carbons (Fsp3) is 0.347. The van der Waals surface area contributed by atoms with Crippen LogP contribution in [0.3, 0.4) is 0 Å². The number of hydrogen-bond donors (Lipinski definition) is 5. The second kappa shape index (κ2) is 17.8. The first-order valence-corrected chi connectivity index (χ1v) is 22.2. The summed E-state index contributed by atoms with van der Waals surface area (Å²) >= 11 is 0. The fourth-order valence-electron chi connectivity index (χ4n) is 10.1. The lowest BCUT2D eigenvalue weighted by Gasteiger charge is -2.34. The summed E-state index contributed by atoms with van der Waals surface area (Å²) in [4.78, 5) is 72.0. The maximum atomic E-state index is 14.1. The zero-order chi connectivity index (χ0) is 44.6. The highest BCUT2D eigenvalue weighted by Crippen LogP contribution is 2.44. The SMILES string of the molecule is COC(=O)N[C@H](C(=O)N1CCC[C@H]1c1ncc(-c2ccc3c(c2)COc2c-3ccc3cc(-c4cnc([C@@H]5CCCN5C(=O)[C@H](NC(=O)O)c5ccccc5)[nH]4)ccc23)[nH]1)C1CCOCC1. The van der Waals surface area contributed by atoms with Crippen molar-refractivity contribution < 1.29 is 38.5 Å². The summed E-state index contributed by atoms with van der Waals surface area (Å²) in [5.74, 6) is 1.71. The zero-order valence-electron chi connectivity index (χ0n) is 35.9. The molecule has 16 nitrogen and oxygen atoms in total. The number of aromatic amines is 2. The number of rotatable bonds is 10. The van der Waals surface area contributed by atoms with Crippen molar-refractivity contribution in [3.05, 3.63) is 114 Å². The zero-order valence-corrected chi connectivity index (χ0v) is 35.9. The minimum Gasteiger partial charge on any atom is -0.488 e. The van der Waals surface area contributed by atoms with Crippen molar-refractivity contribution in [1.82, 2.24) is 40.4 Å². The smallest absolute Gasteiger partial charge is 0.407 e. The van der Waals surface area contributed by atoms with Crippen LogP contribution in [0.15, 0.2) is 91.3 Å². The summed E-state index contributed by atoms with van der Waals surface area (Å²) in [7, 11) is 1.31. The van der Waals surface area contributed by atoms with Crippen LogP contribution in [-0.4, -0.2) is 98.3 Å². The Morgan fingerprint density at radius 2 is 1.42 bits per heavy atom. The highest BCUT2D eigenvalue weighted by atomic mass is 16.5. The molecule has 4 aliphatic heterocycles. The lowest BCUT2D eigenvalue weighted by Crippen LogP contribution is -2.53. The molecule has 10 rings (SSSR count). The molecule has 16 heteroatoms. The van der Waals surface area contributed by atoms with Gasteiger partial charge in [-0.1, -0.05) is 60.7 Å². The van der Waals surface area contributed by atoms with Crippen LogP contribution in [-0.2, 0) is 25.7 Å². The number of imidazole rings is 2. The molecule has 0 saturated carbocycles. The maximum Gasteiger partial charge on any atom is 0.407 e. The molecule has 6 aromatic rings. The maximum absolute atomic E-state index is 14.1.